The second-order valence-corrected chi connectivity index (χ2v) is 11.9. The molecule has 15 heteroatoms. The van der Waals surface area contributed by atoms with Gasteiger partial charge in [-0.25, -0.2) is 4.90 Å². The van der Waals surface area contributed by atoms with Crippen molar-refractivity contribution >= 4 is 80.8 Å². The third kappa shape index (κ3) is 5.99. The summed E-state index contributed by atoms with van der Waals surface area (Å²) < 4.78 is 0. The minimum atomic E-state index is -0.639. The molecule has 14 nitrogen and oxygen atoms in total. The van der Waals surface area contributed by atoms with Gasteiger partial charge in [-0.1, -0.05) is 36.4 Å². The lowest BCUT2D eigenvalue weighted by Crippen LogP contribution is -2.44. The molecule has 0 aromatic heterocycles. The molecule has 0 unspecified atom stereocenters. The number of nitrogens with one attached hydrogen (secondary N) is 3. The first-order chi connectivity index (χ1) is 24.6. The van der Waals surface area contributed by atoms with Crippen LogP contribution in [-0.4, -0.2) is 78.5 Å². The number of nitro benzene ring substituents is 1. The van der Waals surface area contributed by atoms with Crippen LogP contribution in [0, 0.1) is 10.1 Å². The highest BCUT2D eigenvalue weighted by Gasteiger charge is 2.36. The van der Waals surface area contributed by atoms with E-state index in [-0.39, 0.29) is 72.2 Å². The summed E-state index contributed by atoms with van der Waals surface area (Å²) in [6.45, 7) is 0.463. The Labute approximate surface area is 301 Å². The Bertz CT molecular complexity index is 2350. The van der Waals surface area contributed by atoms with Crippen molar-refractivity contribution in [2.24, 2.45) is 0 Å². The summed E-state index contributed by atoms with van der Waals surface area (Å²) in [5.74, 6) is -3.42. The van der Waals surface area contributed by atoms with E-state index in [1.165, 1.54) is 37.4 Å². The number of halogens is 1. The quantitative estimate of drug-likeness (QED) is 0.0826. The van der Waals surface area contributed by atoms with Crippen LogP contribution in [-0.2, 0) is 0 Å². The van der Waals surface area contributed by atoms with Gasteiger partial charge in [-0.2, -0.15) is 0 Å². The molecular weight excluding hydrogens is 692 g/mol. The van der Waals surface area contributed by atoms with Crippen molar-refractivity contribution in [2.75, 3.05) is 38.1 Å². The Morgan fingerprint density at radius 3 is 1.85 bits per heavy atom. The van der Waals surface area contributed by atoms with Crippen LogP contribution >= 0.6 is 12.4 Å². The zero-order chi connectivity index (χ0) is 36.0. The van der Waals surface area contributed by atoms with Crippen molar-refractivity contribution in [3.63, 3.8) is 0 Å². The molecule has 0 radical (unpaired) electrons. The molecule has 2 heterocycles. The molecule has 0 saturated carbocycles. The smallest absolute Gasteiger partial charge is 0.270 e. The van der Waals surface area contributed by atoms with Crippen molar-refractivity contribution in [3.05, 3.63) is 128 Å². The average molecular weight is 721 g/mol. The van der Waals surface area contributed by atoms with Crippen LogP contribution < -0.4 is 20.9 Å². The Morgan fingerprint density at radius 2 is 1.23 bits per heavy atom. The van der Waals surface area contributed by atoms with E-state index in [9.17, 15) is 38.9 Å². The normalized spacial score (nSPS) is 13.3. The van der Waals surface area contributed by atoms with E-state index in [1.807, 2.05) is 12.1 Å². The highest BCUT2D eigenvalue weighted by atomic mass is 35.5. The van der Waals surface area contributed by atoms with Gasteiger partial charge in [-0.05, 0) is 47.2 Å². The topological polar surface area (TPSA) is 188 Å². The minimum absolute atomic E-state index is 0. The van der Waals surface area contributed by atoms with Crippen molar-refractivity contribution in [1.82, 2.24) is 20.9 Å². The number of hydrogen-bond acceptors (Lipinski definition) is 9. The number of non-ortho nitro benzene ring substituents is 1. The van der Waals surface area contributed by atoms with Gasteiger partial charge in [0.25, 0.3) is 41.1 Å². The minimum Gasteiger partial charge on any atom is -0.355 e. The summed E-state index contributed by atoms with van der Waals surface area (Å²) in [7, 11) is 1.42. The van der Waals surface area contributed by atoms with E-state index < -0.39 is 40.4 Å². The fourth-order valence-electron chi connectivity index (χ4n) is 6.54. The van der Waals surface area contributed by atoms with E-state index in [0.29, 0.717) is 27.3 Å². The SMILES string of the molecule is CNC(=O)c1cc(C(=O)NCCNCCN2C(=O)c3cccc4cc([N+](=O)[O-])cc(c34)C2=O)cc(N2C(=O)c3cccc4cccc(c34)C2=O)c1.Cl. The van der Waals surface area contributed by atoms with Crippen molar-refractivity contribution in [2.45, 2.75) is 0 Å². The molecule has 0 aliphatic carbocycles. The Balaban J connectivity index is 0.00000464. The molecule has 52 heavy (non-hydrogen) atoms. The van der Waals surface area contributed by atoms with Crippen LogP contribution in [0.5, 0.6) is 0 Å². The first kappa shape index (κ1) is 35.3. The first-order valence-electron chi connectivity index (χ1n) is 15.9. The molecule has 0 saturated heterocycles. The van der Waals surface area contributed by atoms with Crippen LogP contribution in [0.25, 0.3) is 21.5 Å². The van der Waals surface area contributed by atoms with Crippen LogP contribution in [0.3, 0.4) is 0 Å². The van der Waals surface area contributed by atoms with Crippen LogP contribution in [0.4, 0.5) is 11.4 Å². The number of carbonyl (C=O) groups is 6. The van der Waals surface area contributed by atoms with Crippen molar-refractivity contribution in [3.8, 4) is 0 Å². The van der Waals surface area contributed by atoms with Crippen LogP contribution in [0.2, 0.25) is 0 Å². The molecule has 0 spiro atoms. The van der Waals surface area contributed by atoms with Crippen LogP contribution in [0.1, 0.15) is 62.1 Å². The molecule has 0 bridgehead atoms. The fourth-order valence-corrected chi connectivity index (χ4v) is 6.54. The van der Waals surface area contributed by atoms with E-state index in [1.54, 1.807) is 42.5 Å². The summed E-state index contributed by atoms with van der Waals surface area (Å²) >= 11 is 0. The summed E-state index contributed by atoms with van der Waals surface area (Å²) in [5.41, 5.74) is 0.896. The zero-order valence-corrected chi connectivity index (χ0v) is 28.2. The summed E-state index contributed by atoms with van der Waals surface area (Å²) in [5, 5.41) is 21.8. The number of nitrogens with zero attached hydrogens (tertiary/aromatic N) is 3. The van der Waals surface area contributed by atoms with Gasteiger partial charge in [0.1, 0.15) is 0 Å². The van der Waals surface area contributed by atoms with E-state index >= 15 is 0 Å². The van der Waals surface area contributed by atoms with Crippen LogP contribution in [0.15, 0.2) is 84.9 Å². The number of imide groups is 2. The van der Waals surface area contributed by atoms with Gasteiger partial charge in [-0.3, -0.25) is 43.8 Å². The number of rotatable bonds is 10. The molecule has 0 atom stereocenters. The second kappa shape index (κ2) is 14.0. The largest absolute Gasteiger partial charge is 0.355 e. The monoisotopic (exact) mass is 720 g/mol. The van der Waals surface area contributed by atoms with Crippen molar-refractivity contribution < 1.29 is 33.7 Å². The Kier molecular flexibility index (Phi) is 9.52. The standard InChI is InChI=1S/C37H28N6O8.ClH/c1-38-32(44)22-15-23(18-24(17-22)42-36(48)27-9-2-5-20-6-3-10-28(30(20)27)37(42)49)33(45)40-12-11-39-13-14-41-34(46)26-8-4-7-21-16-25(43(50)51)19-29(31(21)26)35(41)47;/h2-10,15-19,39H,11-14H2,1H3,(H,38,44)(H,40,45);1H. The van der Waals surface area contributed by atoms with Gasteiger partial charge in [0.15, 0.2) is 0 Å². The second-order valence-electron chi connectivity index (χ2n) is 11.9. The third-order valence-electron chi connectivity index (χ3n) is 8.92. The van der Waals surface area contributed by atoms with Gasteiger partial charge in [0.2, 0.25) is 0 Å². The molecule has 0 fully saturated rings. The fraction of sp³-hybridized carbons (Fsp3) is 0.135. The lowest BCUT2D eigenvalue weighted by Gasteiger charge is -2.28. The maximum Gasteiger partial charge on any atom is 0.270 e. The molecule has 5 aromatic carbocycles. The van der Waals surface area contributed by atoms with Crippen molar-refractivity contribution in [1.29, 1.82) is 0 Å². The lowest BCUT2D eigenvalue weighted by atomic mass is 9.93. The van der Waals surface area contributed by atoms with Gasteiger partial charge < -0.3 is 16.0 Å². The Morgan fingerprint density at radius 1 is 0.673 bits per heavy atom. The molecule has 262 valence electrons. The number of hydrogen-bond donors (Lipinski definition) is 3. The number of benzene rings is 5. The molecule has 2 aliphatic heterocycles. The van der Waals surface area contributed by atoms with E-state index in [4.69, 9.17) is 0 Å². The highest BCUT2D eigenvalue weighted by Crippen LogP contribution is 2.35. The number of nitro groups is 1. The van der Waals surface area contributed by atoms with Gasteiger partial charge in [0, 0.05) is 83.9 Å². The van der Waals surface area contributed by atoms with Gasteiger partial charge in [0.05, 0.1) is 16.2 Å². The third-order valence-corrected chi connectivity index (χ3v) is 8.92. The molecule has 7 rings (SSSR count). The van der Waals surface area contributed by atoms with E-state index in [0.717, 1.165) is 15.2 Å². The molecule has 2 aliphatic rings. The highest BCUT2D eigenvalue weighted by molar-refractivity contribution is 6.36. The molecule has 5 aromatic rings. The predicted octanol–water partition coefficient (Wildman–Crippen LogP) is 4.10. The number of carbonyl (C=O) groups excluding carboxylic acids is 6. The number of anilines is 1. The first-order valence-corrected chi connectivity index (χ1v) is 15.9. The van der Waals surface area contributed by atoms with E-state index in [2.05, 4.69) is 16.0 Å². The average Bonchev–Trinajstić information content (AvgIpc) is 3.14. The molecular formula is C37H29ClN6O8. The predicted molar refractivity (Wildman–Crippen MR) is 193 cm³/mol. The van der Waals surface area contributed by atoms with Gasteiger partial charge >= 0.3 is 0 Å². The Hall–Kier alpha value is -6.51. The summed E-state index contributed by atoms with van der Waals surface area (Å²) in [6, 6.07) is 21.7. The van der Waals surface area contributed by atoms with Gasteiger partial charge in [-0.15, -0.1) is 12.4 Å². The number of amides is 6. The molecule has 3 N–H and O–H groups in total. The maximum absolute atomic E-state index is 13.6. The molecule has 6 amide bonds. The maximum atomic E-state index is 13.6. The summed E-state index contributed by atoms with van der Waals surface area (Å²) in [6.07, 6.45) is 0. The zero-order valence-electron chi connectivity index (χ0n) is 27.4. The lowest BCUT2D eigenvalue weighted by molar-refractivity contribution is -0.384. The summed E-state index contributed by atoms with van der Waals surface area (Å²) in [4.78, 5) is 92.6.